The molecule has 0 amide bonds. The third kappa shape index (κ3) is 1.24. The van der Waals surface area contributed by atoms with Gasteiger partial charge in [-0.3, -0.25) is 9.24 Å². The first-order valence-corrected chi connectivity index (χ1v) is 7.09. The van der Waals surface area contributed by atoms with Gasteiger partial charge in [0.15, 0.2) is 0 Å². The van der Waals surface area contributed by atoms with E-state index >= 15 is 0 Å². The van der Waals surface area contributed by atoms with Crippen LogP contribution in [0.4, 0.5) is 0 Å². The summed E-state index contributed by atoms with van der Waals surface area (Å²) in [6.07, 6.45) is 0. The molecule has 1 saturated heterocycles. The largest absolute Gasteiger partial charge is 0.382 e. The molecule has 0 radical (unpaired) electrons. The summed E-state index contributed by atoms with van der Waals surface area (Å²) in [7, 11) is -2.73. The Morgan fingerprint density at radius 1 is 1.79 bits per heavy atom. The molecular weight excluding hydrogens is 219 g/mol. The lowest BCUT2D eigenvalue weighted by atomic mass is 10.3. The second-order valence-corrected chi connectivity index (χ2v) is 6.52. The molecule has 0 aromatic rings. The lowest BCUT2D eigenvalue weighted by Gasteiger charge is -2.27. The molecule has 2 aliphatic rings. The molecule has 2 rings (SSSR count). The first-order valence-electron chi connectivity index (χ1n) is 4.05. The molecule has 0 bridgehead atoms. The van der Waals surface area contributed by atoms with Gasteiger partial charge in [-0.25, -0.2) is 0 Å². The van der Waals surface area contributed by atoms with Gasteiger partial charge in [-0.1, -0.05) is 0 Å². The van der Waals surface area contributed by atoms with Gasteiger partial charge in [0.2, 0.25) is 0 Å². The minimum atomic E-state index is -2.73. The normalized spacial score (nSPS) is 31.1. The first kappa shape index (κ1) is 9.63. The van der Waals surface area contributed by atoms with Gasteiger partial charge in [-0.2, -0.15) is 10.0 Å². The van der Waals surface area contributed by atoms with E-state index < -0.39 is 7.44 Å². The second kappa shape index (κ2) is 3.04. The number of nitrogens with two attached hydrogens (primary N) is 1. The lowest BCUT2D eigenvalue weighted by molar-refractivity contribution is 0.514. The summed E-state index contributed by atoms with van der Waals surface area (Å²) in [5.74, 6) is 0.945. The van der Waals surface area contributed by atoms with Crippen molar-refractivity contribution in [2.75, 3.05) is 19.0 Å². The van der Waals surface area contributed by atoms with Crippen LogP contribution >= 0.6 is 19.2 Å². The molecule has 0 aromatic carbocycles. The molecule has 1 atom stereocenters. The summed E-state index contributed by atoms with van der Waals surface area (Å²) in [6.45, 7) is 2.25. The average Bonchev–Trinajstić information content (AvgIpc) is 2.52. The Hall–Kier alpha value is -0.920. The van der Waals surface area contributed by atoms with Crippen molar-refractivity contribution in [3.63, 3.8) is 0 Å². The molecule has 2 aliphatic heterocycles. The predicted molar refractivity (Wildman–Crippen MR) is 57.0 cm³/mol. The van der Waals surface area contributed by atoms with Gasteiger partial charge in [0.25, 0.3) is 7.44 Å². The van der Waals surface area contributed by atoms with Gasteiger partial charge >= 0.3 is 0 Å². The predicted octanol–water partition coefficient (Wildman–Crippen LogP) is 0.964. The van der Waals surface area contributed by atoms with E-state index in [4.69, 9.17) is 11.0 Å². The zero-order valence-electron chi connectivity index (χ0n) is 7.60. The van der Waals surface area contributed by atoms with Crippen molar-refractivity contribution in [3.05, 3.63) is 10.6 Å². The van der Waals surface area contributed by atoms with Gasteiger partial charge in [0.05, 0.1) is 5.03 Å². The van der Waals surface area contributed by atoms with Gasteiger partial charge in [0, 0.05) is 19.0 Å². The fourth-order valence-electron chi connectivity index (χ4n) is 1.48. The Balaban J connectivity index is 2.59. The number of rotatable bonds is 0. The van der Waals surface area contributed by atoms with E-state index in [0.717, 1.165) is 10.8 Å². The number of amidine groups is 1. The fraction of sp³-hybridized carbons (Fsp3) is 0.429. The lowest BCUT2D eigenvalue weighted by Crippen LogP contribution is -2.26. The molecule has 0 spiro atoms. The fourth-order valence-corrected chi connectivity index (χ4v) is 4.76. The zero-order chi connectivity index (χ0) is 10.3. The van der Waals surface area contributed by atoms with Crippen LogP contribution in [0.3, 0.4) is 0 Å². The Morgan fingerprint density at radius 2 is 2.50 bits per heavy atom. The topological polar surface area (TPSA) is 82.5 Å². The second-order valence-electron chi connectivity index (χ2n) is 3.08. The minimum absolute atomic E-state index is 0.110. The van der Waals surface area contributed by atoms with E-state index in [9.17, 15) is 4.57 Å². The number of thioether (sulfide) groups is 1. The van der Waals surface area contributed by atoms with E-state index in [1.165, 1.54) is 11.8 Å². The van der Waals surface area contributed by atoms with Crippen molar-refractivity contribution < 1.29 is 4.57 Å². The molecule has 5 nitrogen and oxygen atoms in total. The van der Waals surface area contributed by atoms with Gasteiger partial charge in [0.1, 0.15) is 17.5 Å². The van der Waals surface area contributed by atoms with Crippen LogP contribution in [-0.4, -0.2) is 29.5 Å². The number of hydrogen-bond acceptors (Lipinski definition) is 4. The molecule has 1 fully saturated rings. The van der Waals surface area contributed by atoms with Crippen LogP contribution in [0.5, 0.6) is 0 Å². The maximum Gasteiger partial charge on any atom is 0.280 e. The Bertz CT molecular complexity index is 435. The first-order chi connectivity index (χ1) is 6.56. The highest BCUT2D eigenvalue weighted by Crippen LogP contribution is 2.57. The van der Waals surface area contributed by atoms with Crippen molar-refractivity contribution >= 4 is 25.0 Å². The van der Waals surface area contributed by atoms with Crippen LogP contribution in [0.25, 0.3) is 0 Å². The van der Waals surface area contributed by atoms with Crippen LogP contribution in [0.2, 0.25) is 0 Å². The number of fused-ring (bicyclic) bond motifs is 1. The molecule has 2 heterocycles. The molecule has 0 aliphatic carbocycles. The summed E-state index contributed by atoms with van der Waals surface area (Å²) in [6, 6.07) is 2.00. The van der Waals surface area contributed by atoms with Crippen molar-refractivity contribution in [3.8, 4) is 6.07 Å². The minimum Gasteiger partial charge on any atom is -0.382 e. The third-order valence-electron chi connectivity index (χ3n) is 2.10. The van der Waals surface area contributed by atoms with Gasteiger partial charge in [-0.15, -0.1) is 11.8 Å². The molecule has 74 valence electrons. The maximum absolute atomic E-state index is 12.0. The molecule has 0 aromatic heterocycles. The van der Waals surface area contributed by atoms with Gasteiger partial charge < -0.3 is 5.73 Å². The summed E-state index contributed by atoms with van der Waals surface area (Å²) in [4.78, 5) is 0. The summed E-state index contributed by atoms with van der Waals surface area (Å²) in [5.41, 5.74) is 5.94. The highest BCUT2D eigenvalue weighted by atomic mass is 32.2. The van der Waals surface area contributed by atoms with Crippen LogP contribution in [0.1, 0.15) is 0 Å². The van der Waals surface area contributed by atoms with E-state index in [2.05, 4.69) is 4.76 Å². The quantitative estimate of drug-likeness (QED) is 0.624. The number of hydrogen-bond donors (Lipinski definition) is 1. The van der Waals surface area contributed by atoms with Crippen LogP contribution in [-0.2, 0) is 4.57 Å². The molecule has 1 unspecified atom stereocenters. The van der Waals surface area contributed by atoms with Crippen molar-refractivity contribution in [2.24, 2.45) is 10.5 Å². The smallest absolute Gasteiger partial charge is 0.280 e. The zero-order valence-corrected chi connectivity index (χ0v) is 9.31. The summed E-state index contributed by atoms with van der Waals surface area (Å²) >= 11 is 1.52. The Morgan fingerprint density at radius 3 is 3.14 bits per heavy atom. The SMILES string of the molecule is CP1(=O)N=C(N)C(C#N)=C2SCCN21. The number of nitriles is 1. The van der Waals surface area contributed by atoms with E-state index in [-0.39, 0.29) is 5.84 Å². The molecule has 0 saturated carbocycles. The van der Waals surface area contributed by atoms with Crippen LogP contribution < -0.4 is 5.73 Å². The Kier molecular flexibility index (Phi) is 2.09. The molecule has 7 heteroatoms. The number of nitrogens with zero attached hydrogens (tertiary/aromatic N) is 3. The summed E-state index contributed by atoms with van der Waals surface area (Å²) in [5, 5.41) is 9.61. The van der Waals surface area contributed by atoms with Crippen molar-refractivity contribution in [1.29, 1.82) is 5.26 Å². The van der Waals surface area contributed by atoms with E-state index in [1.54, 1.807) is 11.3 Å². The van der Waals surface area contributed by atoms with E-state index in [0.29, 0.717) is 12.1 Å². The molecule has 14 heavy (non-hydrogen) atoms. The Labute approximate surface area is 86.1 Å². The van der Waals surface area contributed by atoms with Crippen molar-refractivity contribution in [2.45, 2.75) is 0 Å². The van der Waals surface area contributed by atoms with E-state index in [1.807, 2.05) is 6.07 Å². The van der Waals surface area contributed by atoms with Crippen molar-refractivity contribution in [1.82, 2.24) is 4.67 Å². The monoisotopic (exact) mass is 228 g/mol. The van der Waals surface area contributed by atoms with Crippen LogP contribution in [0.15, 0.2) is 15.4 Å². The third-order valence-corrected chi connectivity index (χ3v) is 5.20. The average molecular weight is 228 g/mol. The molecular formula is C7H9N4OPS. The summed E-state index contributed by atoms with van der Waals surface area (Å²) < 4.78 is 17.6. The van der Waals surface area contributed by atoms with Gasteiger partial charge in [-0.05, 0) is 0 Å². The highest BCUT2D eigenvalue weighted by molar-refractivity contribution is 8.03. The molecule has 2 N–H and O–H groups in total. The van der Waals surface area contributed by atoms with Crippen LogP contribution in [0, 0.1) is 11.3 Å². The highest BCUT2D eigenvalue weighted by Gasteiger charge is 2.37. The standard InChI is InChI=1S/C7H9N4OPS/c1-13(12)10-6(9)5(4-8)7-11(13)2-3-14-7/h2-3H2,1H3,(H2,9,10,12). The maximum atomic E-state index is 12.0.